The van der Waals surface area contributed by atoms with Crippen LogP contribution in [-0.2, 0) is 9.59 Å². The van der Waals surface area contributed by atoms with E-state index < -0.39 is 27.4 Å². The van der Waals surface area contributed by atoms with Crippen molar-refractivity contribution >= 4 is 33.3 Å². The van der Waals surface area contributed by atoms with Crippen LogP contribution in [0.1, 0.15) is 12.8 Å². The van der Waals surface area contributed by atoms with Gasteiger partial charge < -0.3 is 0 Å². The molecule has 4 nitrogen and oxygen atoms in total. The van der Waals surface area contributed by atoms with Crippen LogP contribution in [0.25, 0.3) is 0 Å². The van der Waals surface area contributed by atoms with E-state index in [1.807, 2.05) is 4.68 Å². The summed E-state index contributed by atoms with van der Waals surface area (Å²) in [7, 11) is 0. The van der Waals surface area contributed by atoms with Crippen molar-refractivity contribution in [1.82, 2.24) is 4.90 Å². The van der Waals surface area contributed by atoms with Crippen LogP contribution in [0, 0.1) is 5.92 Å². The predicted octanol–water partition coefficient (Wildman–Crippen LogP) is 1.31. The maximum absolute atomic E-state index is 13.3. The van der Waals surface area contributed by atoms with Crippen molar-refractivity contribution in [3.05, 3.63) is 19.1 Å². The zero-order valence-electron chi connectivity index (χ0n) is 10.2. The number of carbonyl (C=O) groups excluding carboxylic acids is 1. The number of hydrogen-bond donors (Lipinski definition) is 1. The summed E-state index contributed by atoms with van der Waals surface area (Å²) in [6.07, 6.45) is 4.02. The van der Waals surface area contributed by atoms with Crippen molar-refractivity contribution in [3.63, 3.8) is 0 Å². The monoisotopic (exact) mass is 355 g/mol. The standard InChI is InChI=1S/C11H12FNO3.CH3.In/c12-6-2-1-3-10(14)13-7-4-9(5-8-13)11(15)16;;/h1-2,9H,4-5,7-8H2,(H,15,16);1H3;. The van der Waals surface area contributed by atoms with Gasteiger partial charge in [-0.15, -0.1) is 0 Å². The molecule has 96 valence electrons. The van der Waals surface area contributed by atoms with E-state index in [0.29, 0.717) is 29.3 Å². The first-order valence-electron chi connectivity index (χ1n) is 6.10. The molecule has 6 heteroatoms. The van der Waals surface area contributed by atoms with Crippen LogP contribution >= 0.6 is 0 Å². The van der Waals surface area contributed by atoms with E-state index in [1.54, 1.807) is 11.0 Å². The van der Waals surface area contributed by atoms with Gasteiger partial charge in [0.25, 0.3) is 0 Å². The van der Waals surface area contributed by atoms with E-state index in [-0.39, 0.29) is 15.4 Å². The van der Waals surface area contributed by atoms with Crippen LogP contribution < -0.4 is 0 Å². The summed E-state index contributed by atoms with van der Waals surface area (Å²) in [5, 5.41) is 8.89. The van der Waals surface area contributed by atoms with Gasteiger partial charge in [0.1, 0.15) is 0 Å². The molecule has 2 aliphatic rings. The molecule has 1 N–H and O–H groups in total. The van der Waals surface area contributed by atoms with Gasteiger partial charge in [-0.3, -0.25) is 0 Å². The van der Waals surface area contributed by atoms with E-state index in [9.17, 15) is 14.0 Å². The van der Waals surface area contributed by atoms with Gasteiger partial charge in [-0.05, 0) is 0 Å². The molecule has 1 amide bonds. The number of nitrogens with zero attached hydrogens (tertiary/aromatic N) is 1. The number of amides is 1. The number of allylic oxidation sites excluding steroid dienone is 2. The van der Waals surface area contributed by atoms with Crippen LogP contribution in [0.5, 0.6) is 0 Å². The zero-order valence-corrected chi connectivity index (χ0v) is 13.5. The second kappa shape index (κ2) is 5.47. The second-order valence-electron chi connectivity index (χ2n) is 4.80. The maximum atomic E-state index is 13.3. The Bertz CT molecular complexity index is 439. The molecule has 0 aromatic carbocycles. The van der Waals surface area contributed by atoms with Crippen LogP contribution in [0.4, 0.5) is 4.39 Å². The summed E-state index contributed by atoms with van der Waals surface area (Å²) in [6.45, 7) is 0.931. The Labute approximate surface area is 113 Å². The normalized spacial score (nSPS) is 20.8. The summed E-state index contributed by atoms with van der Waals surface area (Å²) in [5.41, 5.74) is 0. The number of halogens is 1. The molecule has 0 spiro atoms. The van der Waals surface area contributed by atoms with Gasteiger partial charge in [-0.25, -0.2) is 0 Å². The average molecular weight is 355 g/mol. The summed E-state index contributed by atoms with van der Waals surface area (Å²) >= 11 is -2.59. The molecule has 0 radical (unpaired) electrons. The minimum atomic E-state index is -2.59. The van der Waals surface area contributed by atoms with Gasteiger partial charge in [0, 0.05) is 0 Å². The van der Waals surface area contributed by atoms with E-state index in [0.717, 1.165) is 0 Å². The molecule has 0 aromatic heterocycles. The molecule has 0 aromatic rings. The first-order valence-corrected chi connectivity index (χ1v) is 12.7. The molecule has 0 unspecified atom stereocenters. The van der Waals surface area contributed by atoms with Crippen molar-refractivity contribution in [1.29, 1.82) is 0 Å². The molecule has 2 aliphatic heterocycles. The summed E-state index contributed by atoms with van der Waals surface area (Å²) in [6, 6.07) is 0. The molecule has 0 atom stereocenters. The van der Waals surface area contributed by atoms with Crippen molar-refractivity contribution in [2.24, 2.45) is 5.92 Å². The van der Waals surface area contributed by atoms with Crippen molar-refractivity contribution in [2.75, 3.05) is 13.1 Å². The van der Waals surface area contributed by atoms with Crippen LogP contribution in [0.3, 0.4) is 0 Å². The molecular weight excluding hydrogens is 340 g/mol. The fraction of sp³-hybridized carbons (Fsp3) is 0.500. The molecular formula is C12H15FInNO3. The number of aliphatic carboxylic acids is 1. The Morgan fingerprint density at radius 3 is 2.44 bits per heavy atom. The fourth-order valence-electron chi connectivity index (χ4n) is 2.38. The third-order valence-corrected chi connectivity index (χ3v) is 10.5. The average Bonchev–Trinajstić information content (AvgIpc) is 2.69. The fourth-order valence-corrected chi connectivity index (χ4v) is 7.00. The van der Waals surface area contributed by atoms with Crippen molar-refractivity contribution in [3.8, 4) is 0 Å². The summed E-state index contributed by atoms with van der Waals surface area (Å²) in [4.78, 5) is 24.7. The Kier molecular flexibility index (Phi) is 4.14. The molecule has 0 saturated carbocycles. The van der Waals surface area contributed by atoms with E-state index >= 15 is 0 Å². The van der Waals surface area contributed by atoms with Gasteiger partial charge in [-0.1, -0.05) is 0 Å². The number of piperidine rings is 1. The Hall–Kier alpha value is -0.780. The molecule has 0 aliphatic carbocycles. The third kappa shape index (κ3) is 2.63. The zero-order chi connectivity index (χ0) is 13.3. The minimum absolute atomic E-state index is 0.0777. The molecule has 2 heterocycles. The number of carboxylic acid groups (broad SMARTS) is 1. The number of rotatable bonds is 2. The van der Waals surface area contributed by atoms with Crippen molar-refractivity contribution in [2.45, 2.75) is 17.5 Å². The van der Waals surface area contributed by atoms with Crippen LogP contribution in [-0.4, -0.2) is 56.4 Å². The SMILES string of the molecule is [CH3][In]1[C](F)=CC=[C]1C(=O)N1CCC(C(=O)O)CC1. The first-order chi connectivity index (χ1) is 8.50. The van der Waals surface area contributed by atoms with E-state index in [2.05, 4.69) is 0 Å². The topological polar surface area (TPSA) is 57.6 Å². The summed E-state index contributed by atoms with van der Waals surface area (Å²) in [5.74, 6) is -1.21. The van der Waals surface area contributed by atoms with Gasteiger partial charge >= 0.3 is 113 Å². The van der Waals surface area contributed by atoms with Gasteiger partial charge in [0.2, 0.25) is 0 Å². The number of hydrogen-bond acceptors (Lipinski definition) is 2. The predicted molar refractivity (Wildman–Crippen MR) is 65.8 cm³/mol. The van der Waals surface area contributed by atoms with Crippen LogP contribution in [0.2, 0.25) is 4.68 Å². The molecule has 2 rings (SSSR count). The Balaban J connectivity index is 1.95. The van der Waals surface area contributed by atoms with Gasteiger partial charge in [-0.2, -0.15) is 0 Å². The summed E-state index contributed by atoms with van der Waals surface area (Å²) < 4.78 is 15.8. The van der Waals surface area contributed by atoms with E-state index in [4.69, 9.17) is 5.11 Å². The van der Waals surface area contributed by atoms with E-state index in [1.165, 1.54) is 6.08 Å². The number of carbonyl (C=O) groups is 2. The number of likely N-dealkylation sites (tertiary alicyclic amines) is 1. The Morgan fingerprint density at radius 2 is 2.00 bits per heavy atom. The van der Waals surface area contributed by atoms with Crippen LogP contribution in [0.15, 0.2) is 19.1 Å². The Morgan fingerprint density at radius 1 is 1.39 bits per heavy atom. The van der Waals surface area contributed by atoms with Gasteiger partial charge in [0.05, 0.1) is 0 Å². The second-order valence-corrected chi connectivity index (χ2v) is 12.3. The molecule has 1 saturated heterocycles. The molecule has 0 bridgehead atoms. The molecule has 18 heavy (non-hydrogen) atoms. The number of carboxylic acids is 1. The first kappa shape index (κ1) is 13.6. The van der Waals surface area contributed by atoms with Gasteiger partial charge in [0.15, 0.2) is 0 Å². The third-order valence-electron chi connectivity index (χ3n) is 3.68. The quantitative estimate of drug-likeness (QED) is 0.813. The van der Waals surface area contributed by atoms with Crippen molar-refractivity contribution < 1.29 is 19.1 Å². The molecule has 1 fully saturated rings.